The summed E-state index contributed by atoms with van der Waals surface area (Å²) in [5.41, 5.74) is 0. The summed E-state index contributed by atoms with van der Waals surface area (Å²) >= 11 is 0. The molecule has 1 atom stereocenters. The fraction of sp³-hybridized carbons (Fsp3) is 1.00. The van der Waals surface area contributed by atoms with E-state index in [1.807, 2.05) is 0 Å². The van der Waals surface area contributed by atoms with Crippen molar-refractivity contribution in [3.63, 3.8) is 0 Å². The molecule has 0 aromatic heterocycles. The molecule has 1 rings (SSSR count). The van der Waals surface area contributed by atoms with Crippen LogP contribution in [0.2, 0.25) is 0 Å². The van der Waals surface area contributed by atoms with Crippen LogP contribution in [0.25, 0.3) is 0 Å². The quantitative estimate of drug-likeness (QED) is 0.634. The SMILES string of the molecule is CC(O)CNS(=O)(=O)NC1CCCCC1. The summed E-state index contributed by atoms with van der Waals surface area (Å²) in [6.07, 6.45) is 4.53. The van der Waals surface area contributed by atoms with Crippen molar-refractivity contribution in [2.45, 2.75) is 51.2 Å². The van der Waals surface area contributed by atoms with Crippen LogP contribution >= 0.6 is 0 Å². The van der Waals surface area contributed by atoms with Gasteiger partial charge in [0, 0.05) is 12.6 Å². The Balaban J connectivity index is 2.34. The molecule has 0 spiro atoms. The lowest BCUT2D eigenvalue weighted by Gasteiger charge is -2.22. The third-order valence-corrected chi connectivity index (χ3v) is 3.69. The molecule has 5 nitrogen and oxygen atoms in total. The molecule has 0 radical (unpaired) electrons. The third kappa shape index (κ3) is 5.46. The standard InChI is InChI=1S/C9H20N2O3S/c1-8(12)7-10-15(13,14)11-9-5-3-2-4-6-9/h8-12H,2-7H2,1H3. The molecule has 0 heterocycles. The predicted molar refractivity (Wildman–Crippen MR) is 58.6 cm³/mol. The van der Waals surface area contributed by atoms with Gasteiger partial charge in [0.05, 0.1) is 6.10 Å². The number of aliphatic hydroxyl groups is 1. The van der Waals surface area contributed by atoms with Gasteiger partial charge in [-0.25, -0.2) is 0 Å². The molecule has 0 amide bonds. The van der Waals surface area contributed by atoms with Gasteiger partial charge in [-0.15, -0.1) is 0 Å². The summed E-state index contributed by atoms with van der Waals surface area (Å²) < 4.78 is 27.9. The van der Waals surface area contributed by atoms with Crippen LogP contribution in [-0.4, -0.2) is 32.2 Å². The predicted octanol–water partition coefficient (Wildman–Crippen LogP) is 0.124. The fourth-order valence-corrected chi connectivity index (χ4v) is 2.93. The van der Waals surface area contributed by atoms with Gasteiger partial charge in [-0.3, -0.25) is 0 Å². The molecular weight excluding hydrogens is 216 g/mol. The summed E-state index contributed by atoms with van der Waals surface area (Å²) in [6, 6.07) is 0.0604. The van der Waals surface area contributed by atoms with Gasteiger partial charge < -0.3 is 5.11 Å². The highest BCUT2D eigenvalue weighted by atomic mass is 32.2. The Hall–Kier alpha value is -0.170. The molecule has 0 bridgehead atoms. The average molecular weight is 236 g/mol. The van der Waals surface area contributed by atoms with Gasteiger partial charge >= 0.3 is 0 Å². The number of hydrogen-bond donors (Lipinski definition) is 3. The van der Waals surface area contributed by atoms with E-state index in [0.29, 0.717) is 0 Å². The molecule has 3 N–H and O–H groups in total. The highest BCUT2D eigenvalue weighted by Crippen LogP contribution is 2.17. The van der Waals surface area contributed by atoms with Gasteiger partial charge in [0.1, 0.15) is 0 Å². The van der Waals surface area contributed by atoms with Crippen molar-refractivity contribution >= 4 is 10.2 Å². The first kappa shape index (κ1) is 12.9. The number of rotatable bonds is 5. The smallest absolute Gasteiger partial charge is 0.277 e. The van der Waals surface area contributed by atoms with Crippen LogP contribution in [-0.2, 0) is 10.2 Å². The summed E-state index contributed by atoms with van der Waals surface area (Å²) in [5.74, 6) is 0. The Kier molecular flexibility index (Phi) is 4.98. The van der Waals surface area contributed by atoms with E-state index in [1.54, 1.807) is 6.92 Å². The van der Waals surface area contributed by atoms with Gasteiger partial charge in [-0.05, 0) is 19.8 Å². The summed E-state index contributed by atoms with van der Waals surface area (Å²) in [7, 11) is -3.44. The van der Waals surface area contributed by atoms with E-state index in [-0.39, 0.29) is 12.6 Å². The largest absolute Gasteiger partial charge is 0.392 e. The molecule has 1 unspecified atom stereocenters. The van der Waals surface area contributed by atoms with E-state index in [9.17, 15) is 8.42 Å². The Morgan fingerprint density at radius 2 is 1.93 bits per heavy atom. The molecule has 0 aliphatic heterocycles. The third-order valence-electron chi connectivity index (χ3n) is 2.50. The molecule has 1 aliphatic rings. The Morgan fingerprint density at radius 3 is 2.47 bits per heavy atom. The molecule has 0 aromatic rings. The lowest BCUT2D eigenvalue weighted by atomic mass is 9.96. The molecule has 1 fully saturated rings. The van der Waals surface area contributed by atoms with Gasteiger partial charge in [0.25, 0.3) is 10.2 Å². The van der Waals surface area contributed by atoms with Crippen molar-refractivity contribution in [3.8, 4) is 0 Å². The minimum Gasteiger partial charge on any atom is -0.392 e. The zero-order chi connectivity index (χ0) is 11.3. The van der Waals surface area contributed by atoms with Crippen LogP contribution in [0.3, 0.4) is 0 Å². The van der Waals surface area contributed by atoms with Crippen molar-refractivity contribution in [3.05, 3.63) is 0 Å². The van der Waals surface area contributed by atoms with Crippen LogP contribution in [0.5, 0.6) is 0 Å². The van der Waals surface area contributed by atoms with Crippen molar-refractivity contribution in [1.29, 1.82) is 0 Å². The van der Waals surface area contributed by atoms with Crippen molar-refractivity contribution in [2.24, 2.45) is 0 Å². The van der Waals surface area contributed by atoms with Gasteiger partial charge in [-0.2, -0.15) is 17.9 Å². The maximum Gasteiger partial charge on any atom is 0.277 e. The Morgan fingerprint density at radius 1 is 1.33 bits per heavy atom. The van der Waals surface area contributed by atoms with E-state index in [2.05, 4.69) is 9.44 Å². The first-order valence-corrected chi connectivity index (χ1v) is 6.93. The maximum absolute atomic E-state index is 11.5. The molecular formula is C9H20N2O3S. The van der Waals surface area contributed by atoms with Gasteiger partial charge in [-0.1, -0.05) is 19.3 Å². The highest BCUT2D eigenvalue weighted by Gasteiger charge is 2.19. The van der Waals surface area contributed by atoms with E-state index in [4.69, 9.17) is 5.11 Å². The summed E-state index contributed by atoms with van der Waals surface area (Å²) in [5, 5.41) is 8.97. The van der Waals surface area contributed by atoms with Crippen LogP contribution < -0.4 is 9.44 Å². The minimum atomic E-state index is -3.44. The van der Waals surface area contributed by atoms with E-state index in [1.165, 1.54) is 6.42 Å². The minimum absolute atomic E-state index is 0.0576. The van der Waals surface area contributed by atoms with Crippen LogP contribution in [0.1, 0.15) is 39.0 Å². The van der Waals surface area contributed by atoms with E-state index in [0.717, 1.165) is 25.7 Å². The molecule has 1 aliphatic carbocycles. The fourth-order valence-electron chi connectivity index (χ4n) is 1.71. The molecule has 0 aromatic carbocycles. The van der Waals surface area contributed by atoms with Crippen molar-refractivity contribution in [1.82, 2.24) is 9.44 Å². The first-order valence-electron chi connectivity index (χ1n) is 5.44. The van der Waals surface area contributed by atoms with Crippen molar-refractivity contribution < 1.29 is 13.5 Å². The normalized spacial score (nSPS) is 21.5. The zero-order valence-corrected chi connectivity index (χ0v) is 9.89. The van der Waals surface area contributed by atoms with Crippen molar-refractivity contribution in [2.75, 3.05) is 6.54 Å². The second kappa shape index (κ2) is 5.79. The van der Waals surface area contributed by atoms with E-state index < -0.39 is 16.3 Å². The summed E-state index contributed by atoms with van der Waals surface area (Å²) in [6.45, 7) is 1.60. The number of hydrogen-bond acceptors (Lipinski definition) is 3. The number of nitrogens with one attached hydrogen (secondary N) is 2. The molecule has 0 saturated heterocycles. The maximum atomic E-state index is 11.5. The number of aliphatic hydroxyl groups excluding tert-OH is 1. The Labute approximate surface area is 91.4 Å². The second-order valence-electron chi connectivity index (χ2n) is 4.15. The Bertz CT molecular complexity index is 271. The van der Waals surface area contributed by atoms with Crippen LogP contribution in [0.4, 0.5) is 0 Å². The topological polar surface area (TPSA) is 78.4 Å². The highest BCUT2D eigenvalue weighted by molar-refractivity contribution is 7.87. The first-order chi connectivity index (χ1) is 6.99. The van der Waals surface area contributed by atoms with Gasteiger partial charge in [0.15, 0.2) is 0 Å². The zero-order valence-electron chi connectivity index (χ0n) is 9.07. The molecule has 90 valence electrons. The average Bonchev–Trinajstić information content (AvgIpc) is 2.16. The lowest BCUT2D eigenvalue weighted by molar-refractivity contribution is 0.198. The summed E-state index contributed by atoms with van der Waals surface area (Å²) in [4.78, 5) is 0. The lowest BCUT2D eigenvalue weighted by Crippen LogP contribution is -2.45. The van der Waals surface area contributed by atoms with Crippen LogP contribution in [0.15, 0.2) is 0 Å². The molecule has 1 saturated carbocycles. The monoisotopic (exact) mass is 236 g/mol. The van der Waals surface area contributed by atoms with Crippen LogP contribution in [0, 0.1) is 0 Å². The molecule has 15 heavy (non-hydrogen) atoms. The van der Waals surface area contributed by atoms with Gasteiger partial charge in [0.2, 0.25) is 0 Å². The molecule has 6 heteroatoms. The second-order valence-corrected chi connectivity index (χ2v) is 5.68. The van der Waals surface area contributed by atoms with E-state index >= 15 is 0 Å².